The minimum absolute atomic E-state index is 0.474. The van der Waals surface area contributed by atoms with Crippen LogP contribution >= 0.6 is 11.8 Å². The fourth-order valence-corrected chi connectivity index (χ4v) is 2.86. The van der Waals surface area contributed by atoms with Crippen molar-refractivity contribution in [2.45, 2.75) is 32.6 Å². The number of hydrogen-bond acceptors (Lipinski definition) is 2. The number of benzene rings is 1. The molecule has 0 radical (unpaired) electrons. The number of nitrogens with two attached hydrogens (primary N) is 1. The van der Waals surface area contributed by atoms with Crippen LogP contribution in [0.4, 0.5) is 5.69 Å². The lowest BCUT2D eigenvalue weighted by atomic mass is 10.2. The Bertz CT molecular complexity index is 514. The van der Waals surface area contributed by atoms with Gasteiger partial charge in [0.15, 0.2) is 0 Å². The fraction of sp³-hybridized carbons (Fsp3) is 0.429. The topological polar surface area (TPSA) is 30.9 Å². The maximum Gasteiger partial charge on any atom is 0.0505 e. The maximum absolute atomic E-state index is 5.88. The Morgan fingerprint density at radius 1 is 1.29 bits per heavy atom. The van der Waals surface area contributed by atoms with Crippen molar-refractivity contribution in [3.63, 3.8) is 0 Å². The summed E-state index contributed by atoms with van der Waals surface area (Å²) in [5, 5.41) is 1.29. The van der Waals surface area contributed by atoms with E-state index in [2.05, 4.69) is 43.5 Å². The normalized spacial score (nSPS) is 11.5. The molecule has 0 fully saturated rings. The van der Waals surface area contributed by atoms with Crippen LogP contribution in [-0.2, 0) is 5.75 Å². The van der Waals surface area contributed by atoms with E-state index < -0.39 is 0 Å². The van der Waals surface area contributed by atoms with E-state index in [4.69, 9.17) is 5.73 Å². The van der Waals surface area contributed by atoms with E-state index >= 15 is 0 Å². The van der Waals surface area contributed by atoms with Gasteiger partial charge in [0.2, 0.25) is 0 Å². The highest BCUT2D eigenvalue weighted by atomic mass is 32.2. The molecule has 0 amide bonds. The van der Waals surface area contributed by atoms with Crippen LogP contribution in [0.15, 0.2) is 24.3 Å². The zero-order valence-corrected chi connectivity index (χ0v) is 11.6. The number of anilines is 1. The molecule has 2 nitrogen and oxygen atoms in total. The third kappa shape index (κ3) is 2.44. The number of rotatable bonds is 4. The SMILES string of the molecule is CCSCc1cc2ccc(N)cc2n1C(C)C. The van der Waals surface area contributed by atoms with Crippen molar-refractivity contribution in [2.75, 3.05) is 11.5 Å². The summed E-state index contributed by atoms with van der Waals surface area (Å²) in [6, 6.07) is 8.93. The first-order valence-corrected chi connectivity index (χ1v) is 7.26. The summed E-state index contributed by atoms with van der Waals surface area (Å²) in [6.07, 6.45) is 0. The molecule has 1 heterocycles. The first-order chi connectivity index (χ1) is 8.13. The van der Waals surface area contributed by atoms with Crippen LogP contribution in [-0.4, -0.2) is 10.3 Å². The summed E-state index contributed by atoms with van der Waals surface area (Å²) in [4.78, 5) is 0. The van der Waals surface area contributed by atoms with Gasteiger partial charge in [-0.2, -0.15) is 11.8 Å². The van der Waals surface area contributed by atoms with Gasteiger partial charge in [0.1, 0.15) is 0 Å². The first kappa shape index (κ1) is 12.4. The molecule has 0 aliphatic carbocycles. The van der Waals surface area contributed by atoms with Crippen molar-refractivity contribution in [1.29, 1.82) is 0 Å². The molecule has 0 saturated carbocycles. The highest BCUT2D eigenvalue weighted by Crippen LogP contribution is 2.28. The number of aromatic nitrogens is 1. The average molecular weight is 248 g/mol. The van der Waals surface area contributed by atoms with Crippen LogP contribution in [0.25, 0.3) is 10.9 Å². The third-order valence-corrected chi connectivity index (χ3v) is 3.82. The standard InChI is InChI=1S/C14H20N2S/c1-4-17-9-13-7-11-5-6-12(15)8-14(11)16(13)10(2)3/h5-8,10H,4,9,15H2,1-3H3. The number of nitrogens with zero attached hydrogens (tertiary/aromatic N) is 1. The molecule has 0 atom stereocenters. The van der Waals surface area contributed by atoms with E-state index in [9.17, 15) is 0 Å². The van der Waals surface area contributed by atoms with E-state index in [-0.39, 0.29) is 0 Å². The van der Waals surface area contributed by atoms with E-state index in [0.717, 1.165) is 17.2 Å². The molecular formula is C14H20N2S. The smallest absolute Gasteiger partial charge is 0.0505 e. The summed E-state index contributed by atoms with van der Waals surface area (Å²) >= 11 is 1.96. The molecule has 0 unspecified atom stereocenters. The van der Waals surface area contributed by atoms with Gasteiger partial charge in [0, 0.05) is 28.6 Å². The van der Waals surface area contributed by atoms with Gasteiger partial charge in [-0.3, -0.25) is 0 Å². The molecule has 1 aromatic heterocycles. The summed E-state index contributed by atoms with van der Waals surface area (Å²) in [5.74, 6) is 2.23. The molecule has 3 heteroatoms. The second kappa shape index (κ2) is 5.05. The van der Waals surface area contributed by atoms with E-state index in [1.165, 1.54) is 16.6 Å². The van der Waals surface area contributed by atoms with Crippen molar-refractivity contribution in [1.82, 2.24) is 4.57 Å². The molecule has 2 rings (SSSR count). The number of thioether (sulfide) groups is 1. The molecule has 0 saturated heterocycles. The summed E-state index contributed by atoms with van der Waals surface area (Å²) in [6.45, 7) is 6.65. The monoisotopic (exact) mass is 248 g/mol. The molecule has 2 aromatic rings. The van der Waals surface area contributed by atoms with Crippen molar-refractivity contribution < 1.29 is 0 Å². The van der Waals surface area contributed by atoms with E-state index in [0.29, 0.717) is 6.04 Å². The highest BCUT2D eigenvalue weighted by Gasteiger charge is 2.11. The second-order valence-corrected chi connectivity index (χ2v) is 5.83. The Hall–Kier alpha value is -1.09. The zero-order chi connectivity index (χ0) is 12.4. The molecule has 92 valence electrons. The Balaban J connectivity index is 2.54. The molecule has 0 aliphatic heterocycles. The van der Waals surface area contributed by atoms with Gasteiger partial charge < -0.3 is 10.3 Å². The van der Waals surface area contributed by atoms with Gasteiger partial charge in [-0.05, 0) is 37.8 Å². The van der Waals surface area contributed by atoms with Gasteiger partial charge in [-0.15, -0.1) is 0 Å². The molecular weight excluding hydrogens is 228 g/mol. The van der Waals surface area contributed by atoms with Crippen LogP contribution in [0.1, 0.15) is 32.5 Å². The lowest BCUT2D eigenvalue weighted by molar-refractivity contribution is 0.606. The molecule has 2 N–H and O–H groups in total. The Kier molecular flexibility index (Phi) is 3.67. The number of hydrogen-bond donors (Lipinski definition) is 1. The second-order valence-electron chi connectivity index (χ2n) is 4.55. The van der Waals surface area contributed by atoms with Gasteiger partial charge >= 0.3 is 0 Å². The Labute approximate surface area is 107 Å². The maximum atomic E-state index is 5.88. The predicted molar refractivity (Wildman–Crippen MR) is 78.6 cm³/mol. The van der Waals surface area contributed by atoms with Gasteiger partial charge in [-0.1, -0.05) is 13.0 Å². The highest BCUT2D eigenvalue weighted by molar-refractivity contribution is 7.98. The van der Waals surface area contributed by atoms with Gasteiger partial charge in [0.25, 0.3) is 0 Å². The van der Waals surface area contributed by atoms with Crippen molar-refractivity contribution in [2.24, 2.45) is 0 Å². The van der Waals surface area contributed by atoms with Crippen LogP contribution in [0.5, 0.6) is 0 Å². The minimum atomic E-state index is 0.474. The van der Waals surface area contributed by atoms with Gasteiger partial charge in [0.05, 0.1) is 5.52 Å². The van der Waals surface area contributed by atoms with Crippen LogP contribution in [0, 0.1) is 0 Å². The van der Waals surface area contributed by atoms with Crippen LogP contribution in [0.2, 0.25) is 0 Å². The van der Waals surface area contributed by atoms with Crippen LogP contribution < -0.4 is 5.73 Å². The quantitative estimate of drug-likeness (QED) is 0.827. The lowest BCUT2D eigenvalue weighted by Gasteiger charge is -2.14. The van der Waals surface area contributed by atoms with Crippen LogP contribution in [0.3, 0.4) is 0 Å². The number of nitrogen functional groups attached to an aromatic ring is 1. The lowest BCUT2D eigenvalue weighted by Crippen LogP contribution is -2.04. The molecule has 0 aliphatic rings. The molecule has 17 heavy (non-hydrogen) atoms. The van der Waals surface area contributed by atoms with E-state index in [1.54, 1.807) is 0 Å². The van der Waals surface area contributed by atoms with E-state index in [1.807, 2.05) is 17.8 Å². The molecule has 0 spiro atoms. The summed E-state index contributed by atoms with van der Waals surface area (Å²) in [7, 11) is 0. The fourth-order valence-electron chi connectivity index (χ4n) is 2.22. The molecule has 0 bridgehead atoms. The summed E-state index contributed by atoms with van der Waals surface area (Å²) in [5.41, 5.74) is 9.38. The summed E-state index contributed by atoms with van der Waals surface area (Å²) < 4.78 is 2.40. The van der Waals surface area contributed by atoms with Gasteiger partial charge in [-0.25, -0.2) is 0 Å². The minimum Gasteiger partial charge on any atom is -0.399 e. The molecule has 1 aromatic carbocycles. The largest absolute Gasteiger partial charge is 0.399 e. The van der Waals surface area contributed by atoms with Crippen molar-refractivity contribution in [3.05, 3.63) is 30.0 Å². The number of fused-ring (bicyclic) bond motifs is 1. The predicted octanol–water partition coefficient (Wildman–Crippen LogP) is 4.06. The Morgan fingerprint density at radius 3 is 2.71 bits per heavy atom. The van der Waals surface area contributed by atoms with Crippen molar-refractivity contribution in [3.8, 4) is 0 Å². The Morgan fingerprint density at radius 2 is 2.06 bits per heavy atom. The van der Waals surface area contributed by atoms with Crippen molar-refractivity contribution >= 4 is 28.4 Å². The average Bonchev–Trinajstić information content (AvgIpc) is 2.63. The third-order valence-electron chi connectivity index (χ3n) is 2.92. The zero-order valence-electron chi connectivity index (χ0n) is 10.7. The first-order valence-electron chi connectivity index (χ1n) is 6.10.